The van der Waals surface area contributed by atoms with Crippen molar-refractivity contribution in [2.24, 2.45) is 0 Å². The fraction of sp³-hybridized carbons (Fsp3) is 0.00917. The molecule has 0 aliphatic carbocycles. The summed E-state index contributed by atoms with van der Waals surface area (Å²) in [5, 5.41) is 12.4. The highest BCUT2D eigenvalue weighted by Crippen LogP contribution is 2.51. The van der Waals surface area contributed by atoms with Gasteiger partial charge in [0.05, 0.1) is 40.7 Å². The van der Waals surface area contributed by atoms with Gasteiger partial charge in [-0.3, -0.25) is 0 Å². The van der Waals surface area contributed by atoms with Crippen LogP contribution in [-0.2, 0) is 0 Å². The first kappa shape index (κ1) is 48.4. The Labute approximate surface area is 702 Å². The van der Waals surface area contributed by atoms with Crippen LogP contribution in [0, 0.1) is 0 Å². The molecule has 115 heavy (non-hydrogen) atoms. The predicted molar refractivity (Wildman–Crippen MR) is 494 cm³/mol. The number of rotatable bonds is 6. The molecular weight excluding hydrogens is 1390 g/mol. The number of hydrogen-bond acceptors (Lipinski definition) is 3. The number of benzene rings is 21. The van der Waals surface area contributed by atoms with Gasteiger partial charge < -0.3 is 13.3 Å². The smallest absolute Gasteiger partial charge is 0.136 e. The quantitative estimate of drug-likeness (QED) is 0.123. The van der Waals surface area contributed by atoms with E-state index in [4.69, 9.17) is 35.2 Å². The maximum Gasteiger partial charge on any atom is 0.136 e. The van der Waals surface area contributed by atoms with Crippen LogP contribution in [0.5, 0.6) is 0 Å². The number of furan rings is 3. The van der Waals surface area contributed by atoms with Crippen LogP contribution in [0.15, 0.2) is 413 Å². The first-order valence-electron chi connectivity index (χ1n) is 49.0. The Kier molecular flexibility index (Phi) is 12.5. The second-order valence-corrected chi connectivity index (χ2v) is 27.3. The molecule has 0 saturated heterocycles. The summed E-state index contributed by atoms with van der Waals surface area (Å²) in [6.45, 7) is 1.50. The van der Waals surface area contributed by atoms with Gasteiger partial charge in [0.15, 0.2) is 0 Å². The second-order valence-electron chi connectivity index (χ2n) is 27.3. The third kappa shape index (κ3) is 12.0. The summed E-state index contributed by atoms with van der Waals surface area (Å²) in [6.07, 6.45) is 0. The van der Waals surface area contributed by atoms with Crippen LogP contribution in [0.2, 0.25) is 6.82 Å². The summed E-state index contributed by atoms with van der Waals surface area (Å²) in [5.74, 6) is 0. The molecule has 0 amide bonds. The monoisotopic (exact) mass is 1480 g/mol. The molecule has 532 valence electrons. The molecule has 3 aromatic heterocycles. The highest BCUT2D eigenvalue weighted by Gasteiger charge is 2.24. The van der Waals surface area contributed by atoms with E-state index in [1.165, 1.54) is 6.82 Å². The van der Waals surface area contributed by atoms with Crippen LogP contribution in [0.25, 0.3) is 230 Å². The molecule has 24 aromatic rings. The van der Waals surface area contributed by atoms with Crippen LogP contribution in [-0.4, -0.2) is 23.3 Å². The van der Waals surface area contributed by atoms with Crippen molar-refractivity contribution in [3.63, 3.8) is 0 Å². The van der Waals surface area contributed by atoms with Crippen LogP contribution in [0.3, 0.4) is 0 Å². The normalized spacial score (nSPS) is 14.4. The molecule has 0 unspecified atom stereocenters. The molecule has 0 spiro atoms. The predicted octanol–water partition coefficient (Wildman–Crippen LogP) is 30.6. The number of para-hydroxylation sites is 3. The molecule has 21 aromatic carbocycles. The van der Waals surface area contributed by atoms with Crippen molar-refractivity contribution in [2.75, 3.05) is 0 Å². The summed E-state index contributed by atoms with van der Waals surface area (Å²) in [6, 6.07) is 70.5. The van der Waals surface area contributed by atoms with Crippen molar-refractivity contribution in [3.8, 4) is 66.8 Å². The molecule has 0 aliphatic heterocycles. The van der Waals surface area contributed by atoms with Crippen LogP contribution < -0.4 is 0 Å². The van der Waals surface area contributed by atoms with E-state index < -0.39 is 72.5 Å². The fourth-order valence-electron chi connectivity index (χ4n) is 16.4. The lowest BCUT2D eigenvalue weighted by Crippen LogP contribution is -1.91. The van der Waals surface area contributed by atoms with Gasteiger partial charge in [-0.1, -0.05) is 346 Å². The Morgan fingerprint density at radius 1 is 0.191 bits per heavy atom. The molecular formula is C109H69B3O3. The summed E-state index contributed by atoms with van der Waals surface area (Å²) in [5.41, 5.74) is 9.18. The Bertz CT molecular complexity index is 9200. The molecule has 3 nitrogen and oxygen atoms in total. The van der Waals surface area contributed by atoms with Crippen molar-refractivity contribution in [2.45, 2.75) is 6.82 Å². The van der Waals surface area contributed by atoms with E-state index in [-0.39, 0.29) is 137 Å². The van der Waals surface area contributed by atoms with Gasteiger partial charge in [-0.25, -0.2) is 0 Å². The van der Waals surface area contributed by atoms with Gasteiger partial charge >= 0.3 is 0 Å². The van der Waals surface area contributed by atoms with Gasteiger partial charge in [-0.05, 0) is 224 Å². The average Bonchev–Trinajstić information content (AvgIpc) is 1.69. The second kappa shape index (κ2) is 29.7. The minimum Gasteiger partial charge on any atom is -0.456 e. The van der Waals surface area contributed by atoms with Gasteiger partial charge in [0.2, 0.25) is 0 Å². The Hall–Kier alpha value is -14.4. The van der Waals surface area contributed by atoms with Crippen molar-refractivity contribution in [1.82, 2.24) is 0 Å². The third-order valence-electron chi connectivity index (χ3n) is 21.3. The van der Waals surface area contributed by atoms with Crippen LogP contribution >= 0.6 is 0 Å². The van der Waals surface area contributed by atoms with Gasteiger partial charge in [-0.2, -0.15) is 0 Å². The topological polar surface area (TPSA) is 39.4 Å². The van der Waals surface area contributed by atoms with Crippen LogP contribution in [0.1, 0.15) is 32.9 Å². The molecule has 0 atom stereocenters. The van der Waals surface area contributed by atoms with E-state index in [0.717, 1.165) is 59.2 Å². The molecule has 0 bridgehead atoms. The van der Waals surface area contributed by atoms with Crippen molar-refractivity contribution in [1.29, 1.82) is 0 Å². The van der Waals surface area contributed by atoms with Crippen molar-refractivity contribution < 1.29 is 46.1 Å². The Balaban J connectivity index is 0.000000126. The van der Waals surface area contributed by atoms with E-state index in [2.05, 4.69) is 23.3 Å². The highest BCUT2D eigenvalue weighted by molar-refractivity contribution is 6.75. The SMILES string of the molecule is [2H]c1c([2H])c([2H])c2c(-c3ccc4oc5ccccc5c4c3)c3c([2H])c([2H])c([2H])c([2H])c3c(-c3ccc4ccccc4c3)c2c1[2H].[2H]c1c([2H])c([2H])c2c(-c3cccc4ccccc34)c3c([2H])c([2H])c([2H])c([2H])c3c(-c3ccc4oc5ccccc5c4c3)c2c1[2H].[2H]c1c([2H])c([2H])c2c(-c3cccc4oc5ccccc5c34)c3c([2H])c([2H])c([2H])c([2H])c3c(-c3ccc4ccccc4c3)c2c1[2H].[B]C.[B][B]. The molecule has 6 radical (unpaired) electrons. The van der Waals surface area contributed by atoms with E-state index in [1.54, 1.807) is 30.3 Å². The summed E-state index contributed by atoms with van der Waals surface area (Å²) < 4.78 is 232. The molecule has 6 heteroatoms. The van der Waals surface area contributed by atoms with Gasteiger partial charge in [0, 0.05) is 47.8 Å². The molecule has 0 N–H and O–H groups in total. The first-order chi connectivity index (χ1) is 67.0. The lowest BCUT2D eigenvalue weighted by Gasteiger charge is -2.18. The average molecular weight is 1480 g/mol. The summed E-state index contributed by atoms with van der Waals surface area (Å²) in [7, 11) is 12.5. The Morgan fingerprint density at radius 2 is 0.452 bits per heavy atom. The van der Waals surface area contributed by atoms with Gasteiger partial charge in [-0.15, -0.1) is 0 Å². The number of fused-ring (bicyclic) bond motifs is 18. The summed E-state index contributed by atoms with van der Waals surface area (Å²) in [4.78, 5) is 0. The first-order valence-corrected chi connectivity index (χ1v) is 37.0. The number of hydrogen-bond donors (Lipinski definition) is 0. The van der Waals surface area contributed by atoms with Crippen molar-refractivity contribution in [3.05, 3.63) is 400 Å². The Morgan fingerprint density at radius 3 is 0.861 bits per heavy atom. The minimum absolute atomic E-state index is 0.180. The molecule has 24 rings (SSSR count). The lowest BCUT2D eigenvalue weighted by molar-refractivity contribution is 0.668. The molecule has 3 heterocycles. The van der Waals surface area contributed by atoms with Gasteiger partial charge in [0.1, 0.15) is 33.5 Å². The maximum atomic E-state index is 9.23. The molecule has 0 saturated carbocycles. The van der Waals surface area contributed by atoms with Gasteiger partial charge in [0.25, 0.3) is 0 Å². The fourth-order valence-corrected chi connectivity index (χ4v) is 16.4. The van der Waals surface area contributed by atoms with E-state index in [1.807, 2.05) is 224 Å². The standard InChI is InChI=1S/3C36H22O.CH3B.B2/c1-2-12-25-23(10-1)11-9-18-27(25)36-30-16-5-3-14-28(30)35(29-15-4-6-17-31(29)36)24-20-21-34-32(22-24)26-13-7-8-19-33(26)37-34;1-2-11-24-22-25(21-20-23(24)10-1)34-26-12-3-5-14-28(26)35(29-15-6-4-13-27(29)34)31-17-9-19-33-36(31)30-16-7-8-18-32(30)37-33;1-2-10-24-21-25(18-17-23(24)9-1)35-28-12-3-5-14-30(28)36(31-15-6-4-13-29(31)35)26-19-20-34-32(22-26)27-11-7-8-16-33(27)37-34;2*1-2/h3*1-22H;1H3;/i3D,4D,5D,6D,14D,15D,16D,17D;2*3D,4D,5D,6D,12D,13D,14D,15D;;. The third-order valence-corrected chi connectivity index (χ3v) is 21.3. The van der Waals surface area contributed by atoms with E-state index in [0.29, 0.717) is 106 Å². The van der Waals surface area contributed by atoms with E-state index >= 15 is 0 Å². The highest BCUT2D eigenvalue weighted by atomic mass is 16.3. The molecule has 0 aliphatic rings. The lowest BCUT2D eigenvalue weighted by atomic mass is 9.81. The van der Waals surface area contributed by atoms with Crippen LogP contribution in [0.4, 0.5) is 0 Å². The minimum atomic E-state index is -0.428. The maximum absolute atomic E-state index is 9.23. The van der Waals surface area contributed by atoms with Crippen molar-refractivity contribution >= 4 is 186 Å². The largest absolute Gasteiger partial charge is 0.456 e. The zero-order chi connectivity index (χ0) is 97.9. The molecule has 0 fully saturated rings. The zero-order valence-corrected chi connectivity index (χ0v) is 61.2. The summed E-state index contributed by atoms with van der Waals surface area (Å²) >= 11 is 0. The zero-order valence-electron chi connectivity index (χ0n) is 85.2. The van der Waals surface area contributed by atoms with E-state index in [9.17, 15) is 11.0 Å².